The molecule has 2 aliphatic heterocycles. The number of nitrogens with zero attached hydrogens (tertiary/aromatic N) is 1. The second kappa shape index (κ2) is 5.35. The molecule has 2 saturated heterocycles. The van der Waals surface area contributed by atoms with Crippen LogP contribution in [0.3, 0.4) is 0 Å². The Bertz CT molecular complexity index is 406. The van der Waals surface area contributed by atoms with E-state index in [1.807, 2.05) is 20.8 Å². The number of hydrogen-bond acceptors (Lipinski definition) is 3. The predicted molar refractivity (Wildman–Crippen MR) is 76.1 cm³/mol. The monoisotopic (exact) mass is 282 g/mol. The largest absolute Gasteiger partial charge is 0.373 e. The van der Waals surface area contributed by atoms with Crippen LogP contribution >= 0.6 is 0 Å². The van der Waals surface area contributed by atoms with Gasteiger partial charge in [0, 0.05) is 6.54 Å². The van der Waals surface area contributed by atoms with E-state index >= 15 is 0 Å². The van der Waals surface area contributed by atoms with E-state index in [2.05, 4.69) is 5.32 Å². The van der Waals surface area contributed by atoms with Crippen LogP contribution in [0.15, 0.2) is 0 Å². The molecule has 2 aliphatic rings. The van der Waals surface area contributed by atoms with Crippen molar-refractivity contribution < 1.29 is 14.3 Å². The fraction of sp³-hybridized carbons (Fsp3) is 0.867. The molecule has 0 spiro atoms. The molecule has 20 heavy (non-hydrogen) atoms. The molecular formula is C15H26N2O3. The minimum Gasteiger partial charge on any atom is -0.373 e. The Balaban J connectivity index is 2.17. The second-order valence-corrected chi connectivity index (χ2v) is 6.85. The van der Waals surface area contributed by atoms with Crippen molar-refractivity contribution in [2.24, 2.45) is 5.92 Å². The predicted octanol–water partition coefficient (Wildman–Crippen LogP) is 1.32. The highest BCUT2D eigenvalue weighted by molar-refractivity contribution is 5.99. The van der Waals surface area contributed by atoms with Crippen LogP contribution in [-0.4, -0.2) is 47.0 Å². The number of piperazine rings is 1. The number of carbonyl (C=O) groups excluding carboxylic acids is 2. The van der Waals surface area contributed by atoms with Gasteiger partial charge >= 0.3 is 0 Å². The summed E-state index contributed by atoms with van der Waals surface area (Å²) in [6.45, 7) is 10.1. The van der Waals surface area contributed by atoms with E-state index in [1.165, 1.54) is 0 Å². The van der Waals surface area contributed by atoms with Crippen molar-refractivity contribution in [3.8, 4) is 0 Å². The van der Waals surface area contributed by atoms with Crippen LogP contribution in [0.4, 0.5) is 0 Å². The fourth-order valence-corrected chi connectivity index (χ4v) is 2.94. The molecule has 0 aromatic rings. The van der Waals surface area contributed by atoms with Crippen molar-refractivity contribution in [3.63, 3.8) is 0 Å². The van der Waals surface area contributed by atoms with Gasteiger partial charge in [-0.2, -0.15) is 0 Å². The summed E-state index contributed by atoms with van der Waals surface area (Å²) >= 11 is 0. The van der Waals surface area contributed by atoms with Crippen LogP contribution in [0, 0.1) is 5.92 Å². The van der Waals surface area contributed by atoms with E-state index in [1.54, 1.807) is 18.7 Å². The van der Waals surface area contributed by atoms with Crippen LogP contribution in [0.1, 0.15) is 47.5 Å². The van der Waals surface area contributed by atoms with Gasteiger partial charge in [-0.25, -0.2) is 0 Å². The first-order chi connectivity index (χ1) is 9.23. The minimum atomic E-state index is -0.808. The quantitative estimate of drug-likeness (QED) is 0.849. The van der Waals surface area contributed by atoms with Gasteiger partial charge in [0.2, 0.25) is 11.8 Å². The van der Waals surface area contributed by atoms with Crippen molar-refractivity contribution in [2.75, 3.05) is 6.54 Å². The molecule has 3 atom stereocenters. The average Bonchev–Trinajstić information content (AvgIpc) is 2.75. The highest BCUT2D eigenvalue weighted by Crippen LogP contribution is 2.27. The van der Waals surface area contributed by atoms with Crippen LogP contribution < -0.4 is 5.32 Å². The Morgan fingerprint density at radius 2 is 2.00 bits per heavy atom. The van der Waals surface area contributed by atoms with Crippen LogP contribution in [-0.2, 0) is 14.3 Å². The van der Waals surface area contributed by atoms with E-state index in [4.69, 9.17) is 4.74 Å². The number of carbonyl (C=O) groups is 2. The van der Waals surface area contributed by atoms with Crippen LogP contribution in [0.2, 0.25) is 0 Å². The Hall–Kier alpha value is -1.10. The molecular weight excluding hydrogens is 256 g/mol. The van der Waals surface area contributed by atoms with Crippen molar-refractivity contribution in [1.82, 2.24) is 10.2 Å². The summed E-state index contributed by atoms with van der Waals surface area (Å²) in [6.07, 6.45) is 2.27. The maximum Gasteiger partial charge on any atom is 0.246 e. The lowest BCUT2D eigenvalue weighted by molar-refractivity contribution is -0.158. The molecule has 2 amide bonds. The number of ether oxygens (including phenoxy) is 1. The van der Waals surface area contributed by atoms with Crippen molar-refractivity contribution in [2.45, 2.75) is 71.2 Å². The van der Waals surface area contributed by atoms with E-state index in [0.717, 1.165) is 12.8 Å². The van der Waals surface area contributed by atoms with E-state index in [0.29, 0.717) is 6.54 Å². The number of amides is 2. The van der Waals surface area contributed by atoms with Crippen molar-refractivity contribution >= 4 is 11.8 Å². The Kier molecular flexibility index (Phi) is 4.09. The van der Waals surface area contributed by atoms with E-state index < -0.39 is 11.6 Å². The molecule has 2 heterocycles. The Morgan fingerprint density at radius 1 is 1.35 bits per heavy atom. The first-order valence-electron chi connectivity index (χ1n) is 7.51. The first kappa shape index (κ1) is 15.3. The molecule has 2 fully saturated rings. The van der Waals surface area contributed by atoms with Crippen LogP contribution in [0.25, 0.3) is 0 Å². The third-order valence-corrected chi connectivity index (χ3v) is 4.42. The van der Waals surface area contributed by atoms with Gasteiger partial charge in [-0.3, -0.25) is 9.59 Å². The van der Waals surface area contributed by atoms with Gasteiger partial charge in [0.25, 0.3) is 0 Å². The summed E-state index contributed by atoms with van der Waals surface area (Å²) in [5.41, 5.74) is -0.808. The van der Waals surface area contributed by atoms with Gasteiger partial charge in [0.1, 0.15) is 11.6 Å². The Labute approximate surface area is 121 Å². The molecule has 0 bridgehead atoms. The van der Waals surface area contributed by atoms with E-state index in [9.17, 15) is 9.59 Å². The lowest BCUT2D eigenvalue weighted by atomic mass is 9.91. The smallest absolute Gasteiger partial charge is 0.246 e. The molecule has 0 aromatic carbocycles. The summed E-state index contributed by atoms with van der Waals surface area (Å²) in [5.74, 6) is 0.0167. The molecule has 0 aromatic heterocycles. The molecule has 5 heteroatoms. The van der Waals surface area contributed by atoms with Crippen LogP contribution in [0.5, 0.6) is 0 Å². The molecule has 2 rings (SSSR count). The standard InChI is InChI=1S/C15H26N2O3/c1-9(2)12-13(18)17(15(4,5)14(19)16-12)8-11-7-6-10(3)20-11/h9-12H,6-8H2,1-5H3,(H,16,19). The molecule has 1 N–H and O–H groups in total. The second-order valence-electron chi connectivity index (χ2n) is 6.85. The third kappa shape index (κ3) is 2.68. The highest BCUT2D eigenvalue weighted by Gasteiger charge is 2.48. The van der Waals surface area contributed by atoms with Gasteiger partial charge in [-0.1, -0.05) is 13.8 Å². The lowest BCUT2D eigenvalue weighted by Gasteiger charge is -2.46. The first-order valence-corrected chi connectivity index (χ1v) is 7.51. The van der Waals surface area contributed by atoms with E-state index in [-0.39, 0.29) is 29.9 Å². The number of rotatable bonds is 3. The zero-order valence-corrected chi connectivity index (χ0v) is 13.1. The Morgan fingerprint density at radius 3 is 2.50 bits per heavy atom. The van der Waals surface area contributed by atoms with Gasteiger partial charge in [-0.05, 0) is 39.5 Å². The summed E-state index contributed by atoms with van der Waals surface area (Å²) in [4.78, 5) is 26.6. The fourth-order valence-electron chi connectivity index (χ4n) is 2.94. The minimum absolute atomic E-state index is 0.00718. The number of hydrogen-bond donors (Lipinski definition) is 1. The molecule has 114 valence electrons. The summed E-state index contributed by atoms with van der Waals surface area (Å²) < 4.78 is 5.81. The van der Waals surface area contributed by atoms with Crippen molar-refractivity contribution in [3.05, 3.63) is 0 Å². The molecule has 0 saturated carbocycles. The molecule has 0 aliphatic carbocycles. The van der Waals surface area contributed by atoms with Gasteiger partial charge in [0.05, 0.1) is 12.2 Å². The zero-order valence-electron chi connectivity index (χ0n) is 13.1. The normalized spacial score (nSPS) is 33.7. The maximum absolute atomic E-state index is 12.7. The molecule has 0 radical (unpaired) electrons. The van der Waals surface area contributed by atoms with Gasteiger partial charge < -0.3 is 15.0 Å². The lowest BCUT2D eigenvalue weighted by Crippen LogP contribution is -2.70. The molecule has 3 unspecified atom stereocenters. The SMILES string of the molecule is CC1CCC(CN2C(=O)C(C(C)C)NC(=O)C2(C)C)O1. The maximum atomic E-state index is 12.7. The summed E-state index contributed by atoms with van der Waals surface area (Å²) in [7, 11) is 0. The van der Waals surface area contributed by atoms with Crippen molar-refractivity contribution in [1.29, 1.82) is 0 Å². The third-order valence-electron chi connectivity index (χ3n) is 4.42. The number of nitrogens with one attached hydrogen (secondary N) is 1. The topological polar surface area (TPSA) is 58.6 Å². The molecule has 5 nitrogen and oxygen atoms in total. The summed E-state index contributed by atoms with van der Waals surface area (Å²) in [6, 6.07) is -0.422. The summed E-state index contributed by atoms with van der Waals surface area (Å²) in [5, 5.41) is 2.85. The van der Waals surface area contributed by atoms with Gasteiger partial charge in [0.15, 0.2) is 0 Å². The van der Waals surface area contributed by atoms with Gasteiger partial charge in [-0.15, -0.1) is 0 Å². The average molecular weight is 282 g/mol. The zero-order chi connectivity index (χ0) is 15.1. The highest BCUT2D eigenvalue weighted by atomic mass is 16.5.